The summed E-state index contributed by atoms with van der Waals surface area (Å²) < 4.78 is 20.0. The SMILES string of the molecule is COCCn1c(=O)[nH]c2cc(C(=O)N3[C@@H]4CC[C@@H]3CC(c3ccc(F)cc3)C4)ccc21. The summed E-state index contributed by atoms with van der Waals surface area (Å²) in [6.45, 7) is 0.906. The Morgan fingerprint density at radius 2 is 1.84 bits per heavy atom. The number of H-pyrrole nitrogens is 1. The van der Waals surface area contributed by atoms with Crippen molar-refractivity contribution in [3.05, 3.63) is 69.9 Å². The number of amides is 1. The highest BCUT2D eigenvalue weighted by Crippen LogP contribution is 2.43. The normalized spacial score (nSPS) is 22.9. The maximum atomic E-state index is 13.4. The first-order valence-electron chi connectivity index (χ1n) is 10.8. The number of nitrogens with zero attached hydrogens (tertiary/aromatic N) is 2. The Morgan fingerprint density at radius 3 is 2.52 bits per heavy atom. The first kappa shape index (κ1) is 20.0. The Kier molecular flexibility index (Phi) is 5.14. The van der Waals surface area contributed by atoms with Crippen molar-refractivity contribution in [3.63, 3.8) is 0 Å². The highest BCUT2D eigenvalue weighted by atomic mass is 19.1. The fourth-order valence-electron chi connectivity index (χ4n) is 5.37. The molecular weight excluding hydrogens is 397 g/mol. The molecule has 3 aromatic rings. The lowest BCUT2D eigenvalue weighted by molar-refractivity contribution is 0.0571. The summed E-state index contributed by atoms with van der Waals surface area (Å²) in [6, 6.07) is 12.6. The van der Waals surface area contributed by atoms with E-state index in [4.69, 9.17) is 4.74 Å². The third-order valence-electron chi connectivity index (χ3n) is 6.85. The summed E-state index contributed by atoms with van der Waals surface area (Å²) in [5, 5.41) is 0. The lowest BCUT2D eigenvalue weighted by Crippen LogP contribution is -2.46. The number of carbonyl (C=O) groups is 1. The number of rotatable bonds is 5. The van der Waals surface area contributed by atoms with Crippen LogP contribution in [0.1, 0.15) is 47.5 Å². The largest absolute Gasteiger partial charge is 0.383 e. The molecule has 1 amide bonds. The third-order valence-corrected chi connectivity index (χ3v) is 6.85. The molecule has 2 fully saturated rings. The molecule has 0 saturated carbocycles. The molecule has 3 heterocycles. The number of hydrogen-bond donors (Lipinski definition) is 1. The van der Waals surface area contributed by atoms with Crippen molar-refractivity contribution in [2.24, 2.45) is 0 Å². The Labute approximate surface area is 179 Å². The van der Waals surface area contributed by atoms with Gasteiger partial charge in [-0.25, -0.2) is 9.18 Å². The van der Waals surface area contributed by atoms with Crippen LogP contribution in [0.15, 0.2) is 47.3 Å². The third kappa shape index (κ3) is 3.57. The minimum Gasteiger partial charge on any atom is -0.383 e. The fourth-order valence-corrected chi connectivity index (χ4v) is 5.37. The number of benzene rings is 2. The van der Waals surface area contributed by atoms with Crippen molar-refractivity contribution >= 4 is 16.9 Å². The molecular formula is C24H26FN3O3. The van der Waals surface area contributed by atoms with E-state index in [1.54, 1.807) is 17.7 Å². The number of piperidine rings is 1. The second-order valence-corrected chi connectivity index (χ2v) is 8.62. The number of fused-ring (bicyclic) bond motifs is 3. The molecule has 6 nitrogen and oxygen atoms in total. The van der Waals surface area contributed by atoms with Crippen LogP contribution in [0.5, 0.6) is 0 Å². The monoisotopic (exact) mass is 423 g/mol. The van der Waals surface area contributed by atoms with E-state index in [0.717, 1.165) is 36.8 Å². The summed E-state index contributed by atoms with van der Waals surface area (Å²) in [6.07, 6.45) is 3.81. The van der Waals surface area contributed by atoms with Gasteiger partial charge in [-0.3, -0.25) is 9.36 Å². The quantitative estimate of drug-likeness (QED) is 0.681. The van der Waals surface area contributed by atoms with Crippen molar-refractivity contribution in [3.8, 4) is 0 Å². The van der Waals surface area contributed by atoms with Gasteiger partial charge in [-0.2, -0.15) is 0 Å². The molecule has 31 heavy (non-hydrogen) atoms. The number of aromatic amines is 1. The Hall–Kier alpha value is -2.93. The number of aromatic nitrogens is 2. The topological polar surface area (TPSA) is 67.3 Å². The molecule has 2 aliphatic rings. The van der Waals surface area contributed by atoms with Crippen molar-refractivity contribution < 1.29 is 13.9 Å². The molecule has 0 spiro atoms. The van der Waals surface area contributed by atoms with Crippen LogP contribution < -0.4 is 5.69 Å². The van der Waals surface area contributed by atoms with Crippen molar-refractivity contribution in [2.75, 3.05) is 13.7 Å². The molecule has 2 bridgehead atoms. The standard InChI is InChI=1S/C24H26FN3O3/c1-31-11-10-27-22-9-4-16(14-21(22)26-24(27)30)23(29)28-19-7-8-20(28)13-17(12-19)15-2-5-18(25)6-3-15/h2-6,9,14,17,19-20H,7-8,10-13H2,1H3,(H,26,30)/t19-,20-/m1/s1. The average molecular weight is 423 g/mol. The molecule has 162 valence electrons. The molecule has 2 atom stereocenters. The van der Waals surface area contributed by atoms with Crippen LogP contribution >= 0.6 is 0 Å². The van der Waals surface area contributed by atoms with Gasteiger partial charge in [0.2, 0.25) is 0 Å². The summed E-state index contributed by atoms with van der Waals surface area (Å²) >= 11 is 0. The fraction of sp³-hybridized carbons (Fsp3) is 0.417. The van der Waals surface area contributed by atoms with Crippen LogP contribution in [-0.2, 0) is 11.3 Å². The maximum absolute atomic E-state index is 13.4. The number of methoxy groups -OCH3 is 1. The Balaban J connectivity index is 1.37. The van der Waals surface area contributed by atoms with Crippen LogP contribution in [0, 0.1) is 5.82 Å². The summed E-state index contributed by atoms with van der Waals surface area (Å²) in [5.41, 5.74) is 3.00. The highest BCUT2D eigenvalue weighted by molar-refractivity contribution is 5.98. The van der Waals surface area contributed by atoms with E-state index >= 15 is 0 Å². The zero-order valence-electron chi connectivity index (χ0n) is 17.5. The first-order valence-corrected chi connectivity index (χ1v) is 10.8. The second kappa shape index (κ2) is 7.96. The lowest BCUT2D eigenvalue weighted by atomic mass is 9.85. The smallest absolute Gasteiger partial charge is 0.326 e. The van der Waals surface area contributed by atoms with E-state index in [2.05, 4.69) is 4.98 Å². The van der Waals surface area contributed by atoms with Gasteiger partial charge in [-0.1, -0.05) is 12.1 Å². The van der Waals surface area contributed by atoms with Gasteiger partial charge in [0.05, 0.1) is 24.2 Å². The van der Waals surface area contributed by atoms with Gasteiger partial charge < -0.3 is 14.6 Å². The number of ether oxygens (including phenoxy) is 1. The predicted octanol–water partition coefficient (Wildman–Crippen LogP) is 3.67. The predicted molar refractivity (Wildman–Crippen MR) is 116 cm³/mol. The van der Waals surface area contributed by atoms with Crippen LogP contribution in [-0.4, -0.2) is 46.2 Å². The van der Waals surface area contributed by atoms with Gasteiger partial charge in [0.15, 0.2) is 0 Å². The zero-order chi connectivity index (χ0) is 21.5. The Morgan fingerprint density at radius 1 is 1.13 bits per heavy atom. The first-order chi connectivity index (χ1) is 15.0. The van der Waals surface area contributed by atoms with Crippen LogP contribution in [0.25, 0.3) is 11.0 Å². The lowest BCUT2D eigenvalue weighted by Gasteiger charge is -2.39. The number of halogens is 1. The summed E-state index contributed by atoms with van der Waals surface area (Å²) in [7, 11) is 1.60. The van der Waals surface area contributed by atoms with Gasteiger partial charge in [0.1, 0.15) is 5.82 Å². The van der Waals surface area contributed by atoms with E-state index in [-0.39, 0.29) is 29.5 Å². The van der Waals surface area contributed by atoms with E-state index in [1.165, 1.54) is 12.1 Å². The number of imidazole rings is 1. The van der Waals surface area contributed by atoms with Gasteiger partial charge in [0, 0.05) is 24.8 Å². The molecule has 7 heteroatoms. The molecule has 1 aromatic heterocycles. The van der Waals surface area contributed by atoms with E-state index in [9.17, 15) is 14.0 Å². The van der Waals surface area contributed by atoms with Crippen LogP contribution in [0.4, 0.5) is 4.39 Å². The van der Waals surface area contributed by atoms with Crippen molar-refractivity contribution in [1.29, 1.82) is 0 Å². The molecule has 5 rings (SSSR count). The van der Waals surface area contributed by atoms with Gasteiger partial charge in [-0.15, -0.1) is 0 Å². The van der Waals surface area contributed by atoms with E-state index in [0.29, 0.717) is 30.1 Å². The van der Waals surface area contributed by atoms with Crippen molar-refractivity contribution in [2.45, 2.75) is 50.2 Å². The molecule has 0 aliphatic carbocycles. The van der Waals surface area contributed by atoms with Crippen molar-refractivity contribution in [1.82, 2.24) is 14.5 Å². The van der Waals surface area contributed by atoms with E-state index in [1.807, 2.05) is 29.2 Å². The molecule has 2 aliphatic heterocycles. The minimum atomic E-state index is -0.219. The summed E-state index contributed by atoms with van der Waals surface area (Å²) in [4.78, 5) is 30.6. The highest BCUT2D eigenvalue weighted by Gasteiger charge is 2.43. The number of carbonyl (C=O) groups excluding carboxylic acids is 1. The number of hydrogen-bond acceptors (Lipinski definition) is 3. The average Bonchev–Trinajstić information content (AvgIpc) is 3.23. The van der Waals surface area contributed by atoms with Crippen LogP contribution in [0.3, 0.4) is 0 Å². The number of nitrogens with one attached hydrogen (secondary N) is 1. The molecule has 0 unspecified atom stereocenters. The molecule has 2 saturated heterocycles. The molecule has 0 radical (unpaired) electrons. The Bertz CT molecular complexity index is 1150. The van der Waals surface area contributed by atoms with E-state index < -0.39 is 0 Å². The maximum Gasteiger partial charge on any atom is 0.326 e. The second-order valence-electron chi connectivity index (χ2n) is 8.62. The zero-order valence-corrected chi connectivity index (χ0v) is 17.5. The molecule has 2 aromatic carbocycles. The van der Waals surface area contributed by atoms with Gasteiger partial charge in [0.25, 0.3) is 5.91 Å². The van der Waals surface area contributed by atoms with Crippen LogP contribution in [0.2, 0.25) is 0 Å². The molecule has 1 N–H and O–H groups in total. The minimum absolute atomic E-state index is 0.0254. The summed E-state index contributed by atoms with van der Waals surface area (Å²) in [5.74, 6) is 0.164. The van der Waals surface area contributed by atoms with Gasteiger partial charge in [-0.05, 0) is 67.5 Å². The van der Waals surface area contributed by atoms with Gasteiger partial charge >= 0.3 is 5.69 Å².